The molecule has 0 saturated carbocycles. The highest BCUT2D eigenvalue weighted by Gasteiger charge is 2.27. The second kappa shape index (κ2) is 4.24. The SMILES string of the molecule is Cn1cc(CN2CCCC2C(N)=S)nn1. The first kappa shape index (κ1) is 10.5. The fraction of sp³-hybridized carbons (Fsp3) is 0.667. The predicted octanol–water partition coefficient (Wildman–Crippen LogP) is 0.0656. The molecule has 0 radical (unpaired) electrons. The van der Waals surface area contributed by atoms with Gasteiger partial charge in [0.1, 0.15) is 0 Å². The molecule has 2 heterocycles. The third kappa shape index (κ3) is 2.32. The van der Waals surface area contributed by atoms with Gasteiger partial charge in [-0.05, 0) is 19.4 Å². The zero-order valence-corrected chi connectivity index (χ0v) is 9.57. The Labute approximate surface area is 94.2 Å². The minimum absolute atomic E-state index is 0.238. The highest BCUT2D eigenvalue weighted by Crippen LogP contribution is 2.19. The van der Waals surface area contributed by atoms with Crippen LogP contribution in [0.1, 0.15) is 18.5 Å². The second-order valence-corrected chi connectivity index (χ2v) is 4.39. The van der Waals surface area contributed by atoms with Crippen molar-refractivity contribution in [3.8, 4) is 0 Å². The van der Waals surface area contributed by atoms with Crippen LogP contribution in [0.4, 0.5) is 0 Å². The number of likely N-dealkylation sites (tertiary alicyclic amines) is 1. The Bertz CT molecular complexity index is 361. The maximum atomic E-state index is 5.70. The van der Waals surface area contributed by atoms with E-state index in [4.69, 9.17) is 18.0 Å². The van der Waals surface area contributed by atoms with E-state index in [0.29, 0.717) is 4.99 Å². The van der Waals surface area contributed by atoms with Gasteiger partial charge in [0, 0.05) is 19.8 Å². The molecule has 1 aliphatic rings. The molecule has 1 unspecified atom stereocenters. The van der Waals surface area contributed by atoms with Crippen LogP contribution in [0.3, 0.4) is 0 Å². The van der Waals surface area contributed by atoms with Crippen molar-refractivity contribution in [2.24, 2.45) is 12.8 Å². The molecule has 2 N–H and O–H groups in total. The van der Waals surface area contributed by atoms with E-state index >= 15 is 0 Å². The van der Waals surface area contributed by atoms with E-state index in [1.807, 2.05) is 13.2 Å². The number of nitrogens with two attached hydrogens (primary N) is 1. The van der Waals surface area contributed by atoms with Crippen LogP contribution in [0.25, 0.3) is 0 Å². The van der Waals surface area contributed by atoms with Gasteiger partial charge in [-0.1, -0.05) is 17.4 Å². The molecule has 1 fully saturated rings. The zero-order valence-electron chi connectivity index (χ0n) is 8.76. The van der Waals surface area contributed by atoms with Crippen LogP contribution >= 0.6 is 12.2 Å². The second-order valence-electron chi connectivity index (χ2n) is 3.91. The van der Waals surface area contributed by atoms with E-state index in [9.17, 15) is 0 Å². The van der Waals surface area contributed by atoms with Gasteiger partial charge in [-0.2, -0.15) is 0 Å². The maximum absolute atomic E-state index is 5.70. The summed E-state index contributed by atoms with van der Waals surface area (Å²) in [5, 5.41) is 7.96. The lowest BCUT2D eigenvalue weighted by Gasteiger charge is -2.21. The first-order chi connectivity index (χ1) is 7.16. The normalized spacial score (nSPS) is 22.1. The van der Waals surface area contributed by atoms with Crippen LogP contribution < -0.4 is 5.73 Å². The fourth-order valence-corrected chi connectivity index (χ4v) is 2.28. The van der Waals surface area contributed by atoms with Crippen molar-refractivity contribution >= 4 is 17.2 Å². The molecule has 15 heavy (non-hydrogen) atoms. The van der Waals surface area contributed by atoms with Crippen molar-refractivity contribution in [2.45, 2.75) is 25.4 Å². The van der Waals surface area contributed by atoms with Gasteiger partial charge in [-0.15, -0.1) is 5.10 Å². The summed E-state index contributed by atoms with van der Waals surface area (Å²) < 4.78 is 1.71. The molecule has 2 rings (SSSR count). The molecule has 1 saturated heterocycles. The van der Waals surface area contributed by atoms with E-state index in [1.165, 1.54) is 0 Å². The number of aromatic nitrogens is 3. The minimum atomic E-state index is 0.238. The van der Waals surface area contributed by atoms with E-state index in [1.54, 1.807) is 4.68 Å². The quantitative estimate of drug-likeness (QED) is 0.737. The summed E-state index contributed by atoms with van der Waals surface area (Å²) in [6, 6.07) is 0.238. The molecular formula is C9H15N5S. The highest BCUT2D eigenvalue weighted by atomic mass is 32.1. The summed E-state index contributed by atoms with van der Waals surface area (Å²) in [6.45, 7) is 1.83. The van der Waals surface area contributed by atoms with Gasteiger partial charge in [-0.25, -0.2) is 0 Å². The first-order valence-corrected chi connectivity index (χ1v) is 5.46. The average Bonchev–Trinajstić information content (AvgIpc) is 2.75. The third-order valence-corrected chi connectivity index (χ3v) is 2.98. The Balaban J connectivity index is 2.02. The van der Waals surface area contributed by atoms with E-state index in [2.05, 4.69) is 15.2 Å². The number of hydrogen-bond acceptors (Lipinski definition) is 4. The predicted molar refractivity (Wildman–Crippen MR) is 61.2 cm³/mol. The van der Waals surface area contributed by atoms with Crippen molar-refractivity contribution in [2.75, 3.05) is 6.54 Å². The van der Waals surface area contributed by atoms with Gasteiger partial charge >= 0.3 is 0 Å². The standard InChI is InChI=1S/C9H15N5S/c1-13-5-7(11-12-13)6-14-4-2-3-8(14)9(10)15/h5,8H,2-4,6H2,1H3,(H2,10,15). The van der Waals surface area contributed by atoms with Crippen LogP contribution in [-0.4, -0.2) is 37.5 Å². The van der Waals surface area contributed by atoms with E-state index in [-0.39, 0.29) is 6.04 Å². The van der Waals surface area contributed by atoms with Crippen molar-refractivity contribution in [1.29, 1.82) is 0 Å². The van der Waals surface area contributed by atoms with Gasteiger partial charge in [-0.3, -0.25) is 9.58 Å². The molecule has 6 heteroatoms. The Kier molecular flexibility index (Phi) is 2.97. The molecule has 0 spiro atoms. The monoisotopic (exact) mass is 225 g/mol. The van der Waals surface area contributed by atoms with Crippen molar-refractivity contribution in [1.82, 2.24) is 19.9 Å². The Morgan fingerprint density at radius 3 is 3.13 bits per heavy atom. The van der Waals surface area contributed by atoms with Gasteiger partial charge in [0.15, 0.2) is 0 Å². The molecule has 5 nitrogen and oxygen atoms in total. The number of nitrogens with zero attached hydrogens (tertiary/aromatic N) is 4. The molecule has 1 aromatic rings. The summed E-state index contributed by atoms with van der Waals surface area (Å²) >= 11 is 5.05. The molecule has 0 bridgehead atoms. The number of hydrogen-bond donors (Lipinski definition) is 1. The number of aryl methyl sites for hydroxylation is 1. The van der Waals surface area contributed by atoms with Crippen LogP contribution in [0.15, 0.2) is 6.20 Å². The van der Waals surface area contributed by atoms with Crippen LogP contribution in [-0.2, 0) is 13.6 Å². The summed E-state index contributed by atoms with van der Waals surface area (Å²) in [7, 11) is 1.87. The lowest BCUT2D eigenvalue weighted by molar-refractivity contribution is 0.291. The number of thiocarbonyl (C=S) groups is 1. The van der Waals surface area contributed by atoms with Gasteiger partial charge in [0.25, 0.3) is 0 Å². The lowest BCUT2D eigenvalue weighted by Crippen LogP contribution is -2.38. The summed E-state index contributed by atoms with van der Waals surface area (Å²) in [5.74, 6) is 0. The smallest absolute Gasteiger partial charge is 0.0967 e. The van der Waals surface area contributed by atoms with Crippen molar-refractivity contribution in [3.05, 3.63) is 11.9 Å². The molecular weight excluding hydrogens is 210 g/mol. The molecule has 0 aliphatic carbocycles. The van der Waals surface area contributed by atoms with Crippen LogP contribution in [0.5, 0.6) is 0 Å². The van der Waals surface area contributed by atoms with Crippen molar-refractivity contribution in [3.63, 3.8) is 0 Å². The summed E-state index contributed by atoms with van der Waals surface area (Å²) in [5.41, 5.74) is 6.67. The topological polar surface area (TPSA) is 60.0 Å². The van der Waals surface area contributed by atoms with E-state index < -0.39 is 0 Å². The average molecular weight is 225 g/mol. The summed E-state index contributed by atoms with van der Waals surface area (Å²) in [6.07, 6.45) is 4.15. The molecule has 82 valence electrons. The van der Waals surface area contributed by atoms with Gasteiger partial charge < -0.3 is 5.73 Å². The van der Waals surface area contributed by atoms with E-state index in [0.717, 1.165) is 31.6 Å². The molecule has 0 amide bonds. The minimum Gasteiger partial charge on any atom is -0.392 e. The molecule has 1 aliphatic heterocycles. The van der Waals surface area contributed by atoms with Gasteiger partial charge in [0.05, 0.1) is 16.7 Å². The highest BCUT2D eigenvalue weighted by molar-refractivity contribution is 7.80. The Hall–Kier alpha value is -1.01. The largest absolute Gasteiger partial charge is 0.392 e. The first-order valence-electron chi connectivity index (χ1n) is 5.05. The number of rotatable bonds is 3. The molecule has 1 atom stereocenters. The Morgan fingerprint density at radius 1 is 1.73 bits per heavy atom. The van der Waals surface area contributed by atoms with Crippen LogP contribution in [0.2, 0.25) is 0 Å². The van der Waals surface area contributed by atoms with Crippen LogP contribution in [0, 0.1) is 0 Å². The van der Waals surface area contributed by atoms with Crippen molar-refractivity contribution < 1.29 is 0 Å². The molecule has 1 aromatic heterocycles. The lowest BCUT2D eigenvalue weighted by atomic mass is 10.2. The zero-order chi connectivity index (χ0) is 10.8. The molecule has 0 aromatic carbocycles. The Morgan fingerprint density at radius 2 is 2.53 bits per heavy atom. The van der Waals surface area contributed by atoms with Gasteiger partial charge in [0.2, 0.25) is 0 Å². The third-order valence-electron chi connectivity index (χ3n) is 2.71. The fourth-order valence-electron chi connectivity index (χ4n) is 2.01. The maximum Gasteiger partial charge on any atom is 0.0967 e. The summed E-state index contributed by atoms with van der Waals surface area (Å²) in [4.78, 5) is 2.86.